The molecule has 1 fully saturated rings. The molecule has 6 nitrogen and oxygen atoms in total. The van der Waals surface area contributed by atoms with Crippen LogP contribution in [-0.4, -0.2) is 48.4 Å². The van der Waals surface area contributed by atoms with Gasteiger partial charge in [-0.15, -0.1) is 0 Å². The summed E-state index contributed by atoms with van der Waals surface area (Å²) in [5.41, 5.74) is 1.58. The average Bonchev–Trinajstić information content (AvgIpc) is 2.82. The summed E-state index contributed by atoms with van der Waals surface area (Å²) in [5.74, 6) is -0.181. The number of rotatable bonds is 8. The molecule has 2 aromatic carbocycles. The molecule has 0 bridgehead atoms. The van der Waals surface area contributed by atoms with Gasteiger partial charge in [0.05, 0.1) is 4.90 Å². The van der Waals surface area contributed by atoms with Crippen LogP contribution in [0.4, 0.5) is 0 Å². The van der Waals surface area contributed by atoms with E-state index in [4.69, 9.17) is 0 Å². The summed E-state index contributed by atoms with van der Waals surface area (Å²) in [6.45, 7) is 6.77. The summed E-state index contributed by atoms with van der Waals surface area (Å²) < 4.78 is 27.5. The number of piperidine rings is 1. The van der Waals surface area contributed by atoms with Gasteiger partial charge >= 0.3 is 0 Å². The van der Waals surface area contributed by atoms with Gasteiger partial charge in [0.1, 0.15) is 0 Å². The van der Waals surface area contributed by atoms with Crippen LogP contribution in [0.5, 0.6) is 0 Å². The summed E-state index contributed by atoms with van der Waals surface area (Å²) in [6, 6.07) is 16.1. The Balaban J connectivity index is 1.67. The van der Waals surface area contributed by atoms with Crippen molar-refractivity contribution < 1.29 is 18.0 Å². The number of benzene rings is 2. The zero-order valence-corrected chi connectivity index (χ0v) is 19.8. The predicted molar refractivity (Wildman–Crippen MR) is 125 cm³/mol. The van der Waals surface area contributed by atoms with Crippen LogP contribution in [0, 0.1) is 5.92 Å². The van der Waals surface area contributed by atoms with Gasteiger partial charge in [-0.05, 0) is 50.8 Å². The van der Waals surface area contributed by atoms with Crippen molar-refractivity contribution in [3.63, 3.8) is 0 Å². The third-order valence-corrected chi connectivity index (χ3v) is 8.22. The molecule has 0 unspecified atom stereocenters. The Labute approximate surface area is 191 Å². The van der Waals surface area contributed by atoms with Gasteiger partial charge in [0, 0.05) is 37.2 Å². The molecule has 0 saturated carbocycles. The van der Waals surface area contributed by atoms with E-state index < -0.39 is 10.0 Å². The lowest BCUT2D eigenvalue weighted by Gasteiger charge is -2.36. The van der Waals surface area contributed by atoms with Crippen LogP contribution in [0.1, 0.15) is 56.0 Å². The normalized spacial score (nSPS) is 16.5. The Hall–Kier alpha value is -2.51. The second-order valence-corrected chi connectivity index (χ2v) is 10.4. The highest BCUT2D eigenvalue weighted by Gasteiger charge is 2.34. The molecule has 7 heteroatoms. The Morgan fingerprint density at radius 3 is 2.16 bits per heavy atom. The van der Waals surface area contributed by atoms with Crippen molar-refractivity contribution in [2.45, 2.75) is 57.5 Å². The number of ketones is 1. The van der Waals surface area contributed by atoms with Crippen molar-refractivity contribution in [2.75, 3.05) is 13.1 Å². The second kappa shape index (κ2) is 10.4. The molecular formula is C25H32N2O4S. The lowest BCUT2D eigenvalue weighted by Crippen LogP contribution is -2.46. The number of carbonyl (C=O) groups is 2. The molecular weight excluding hydrogens is 424 g/mol. The van der Waals surface area contributed by atoms with Crippen LogP contribution >= 0.6 is 0 Å². The monoisotopic (exact) mass is 456 g/mol. The van der Waals surface area contributed by atoms with E-state index in [1.165, 1.54) is 23.4 Å². The smallest absolute Gasteiger partial charge is 0.243 e. The molecule has 1 aliphatic rings. The molecule has 2 aromatic rings. The van der Waals surface area contributed by atoms with E-state index in [1.54, 1.807) is 12.1 Å². The quantitative estimate of drug-likeness (QED) is 0.560. The predicted octanol–water partition coefficient (Wildman–Crippen LogP) is 4.12. The first-order chi connectivity index (χ1) is 15.2. The van der Waals surface area contributed by atoms with Crippen LogP contribution in [0.2, 0.25) is 0 Å². The van der Waals surface area contributed by atoms with Crippen LogP contribution in [0.3, 0.4) is 0 Å². The number of hydrogen-bond donors (Lipinski definition) is 0. The number of sulfonamides is 1. The highest BCUT2D eigenvalue weighted by molar-refractivity contribution is 7.89. The third-order valence-electron chi connectivity index (χ3n) is 6.30. The van der Waals surface area contributed by atoms with Crippen molar-refractivity contribution >= 4 is 21.7 Å². The molecule has 1 heterocycles. The SMILES string of the molecule is CC[C@H](C)N(Cc1ccccc1)C(=O)C1CCN(S(=O)(=O)c2ccc(C(C)=O)cc2)CC1. The third kappa shape index (κ3) is 5.45. The molecule has 0 radical (unpaired) electrons. The van der Waals surface area contributed by atoms with E-state index in [1.807, 2.05) is 35.2 Å². The molecule has 1 saturated heterocycles. The van der Waals surface area contributed by atoms with Gasteiger partial charge in [-0.1, -0.05) is 49.4 Å². The minimum Gasteiger partial charge on any atom is -0.335 e. The number of nitrogens with zero attached hydrogens (tertiary/aromatic N) is 2. The molecule has 0 N–H and O–H groups in total. The van der Waals surface area contributed by atoms with Crippen LogP contribution < -0.4 is 0 Å². The first kappa shape index (κ1) is 24.1. The molecule has 0 aromatic heterocycles. The van der Waals surface area contributed by atoms with Crippen LogP contribution in [-0.2, 0) is 21.4 Å². The second-order valence-electron chi connectivity index (χ2n) is 8.47. The molecule has 0 spiro atoms. The van der Waals surface area contributed by atoms with Gasteiger partial charge in [0.25, 0.3) is 0 Å². The van der Waals surface area contributed by atoms with Crippen molar-refractivity contribution in [1.82, 2.24) is 9.21 Å². The van der Waals surface area contributed by atoms with Crippen molar-refractivity contribution in [3.05, 3.63) is 65.7 Å². The maximum atomic E-state index is 13.4. The van der Waals surface area contributed by atoms with Gasteiger partial charge in [0.15, 0.2) is 5.78 Å². The fourth-order valence-electron chi connectivity index (χ4n) is 4.04. The fraction of sp³-hybridized carbons (Fsp3) is 0.440. The largest absolute Gasteiger partial charge is 0.335 e. The van der Waals surface area contributed by atoms with Gasteiger partial charge < -0.3 is 4.90 Å². The molecule has 32 heavy (non-hydrogen) atoms. The van der Waals surface area contributed by atoms with Gasteiger partial charge in [0.2, 0.25) is 15.9 Å². The topological polar surface area (TPSA) is 74.8 Å². The molecule has 3 rings (SSSR count). The summed E-state index contributed by atoms with van der Waals surface area (Å²) in [6.07, 6.45) is 1.87. The molecule has 0 aliphatic carbocycles. The maximum absolute atomic E-state index is 13.4. The summed E-state index contributed by atoms with van der Waals surface area (Å²) in [7, 11) is -3.65. The van der Waals surface area contributed by atoms with E-state index in [0.717, 1.165) is 12.0 Å². The fourth-order valence-corrected chi connectivity index (χ4v) is 5.51. The van der Waals surface area contributed by atoms with Crippen LogP contribution in [0.25, 0.3) is 0 Å². The number of hydrogen-bond acceptors (Lipinski definition) is 4. The Bertz CT molecular complexity index is 1030. The Kier molecular flexibility index (Phi) is 7.85. The van der Waals surface area contributed by atoms with Crippen LogP contribution in [0.15, 0.2) is 59.5 Å². The summed E-state index contributed by atoms with van der Waals surface area (Å²) in [5, 5.41) is 0. The molecule has 1 atom stereocenters. The summed E-state index contributed by atoms with van der Waals surface area (Å²) >= 11 is 0. The lowest BCUT2D eigenvalue weighted by atomic mass is 9.95. The van der Waals surface area contributed by atoms with E-state index in [2.05, 4.69) is 13.8 Å². The standard InChI is InChI=1S/C25H32N2O4S/c1-4-19(2)27(18-21-8-6-5-7-9-21)25(29)23-14-16-26(17-15-23)32(30,31)24-12-10-22(11-13-24)20(3)28/h5-13,19,23H,4,14-18H2,1-3H3/t19-/m0/s1. The van der Waals surface area contributed by atoms with Gasteiger partial charge in [-0.25, -0.2) is 8.42 Å². The molecule has 1 amide bonds. The molecule has 172 valence electrons. The number of Topliss-reactive ketones (excluding diaryl/α,β-unsaturated/α-hetero) is 1. The van der Waals surface area contributed by atoms with E-state index in [0.29, 0.717) is 38.0 Å². The van der Waals surface area contributed by atoms with Crippen molar-refractivity contribution in [3.8, 4) is 0 Å². The average molecular weight is 457 g/mol. The van der Waals surface area contributed by atoms with Crippen molar-refractivity contribution in [1.29, 1.82) is 0 Å². The minimum absolute atomic E-state index is 0.102. The van der Waals surface area contributed by atoms with Gasteiger partial charge in [-0.3, -0.25) is 9.59 Å². The zero-order chi connectivity index (χ0) is 23.3. The lowest BCUT2D eigenvalue weighted by molar-refractivity contribution is -0.139. The highest BCUT2D eigenvalue weighted by atomic mass is 32.2. The van der Waals surface area contributed by atoms with Gasteiger partial charge in [-0.2, -0.15) is 4.31 Å². The number of amides is 1. The number of carbonyl (C=O) groups excluding carboxylic acids is 2. The zero-order valence-electron chi connectivity index (χ0n) is 19.0. The minimum atomic E-state index is -3.65. The van der Waals surface area contributed by atoms with E-state index in [9.17, 15) is 18.0 Å². The Morgan fingerprint density at radius 1 is 1.03 bits per heavy atom. The van der Waals surface area contributed by atoms with E-state index in [-0.39, 0.29) is 28.5 Å². The van der Waals surface area contributed by atoms with E-state index >= 15 is 0 Å². The molecule has 1 aliphatic heterocycles. The highest BCUT2D eigenvalue weighted by Crippen LogP contribution is 2.27. The summed E-state index contributed by atoms with van der Waals surface area (Å²) in [4.78, 5) is 26.9. The van der Waals surface area contributed by atoms with Crippen molar-refractivity contribution in [2.24, 2.45) is 5.92 Å². The first-order valence-electron chi connectivity index (χ1n) is 11.2. The first-order valence-corrected chi connectivity index (χ1v) is 12.6. The Morgan fingerprint density at radius 2 is 1.62 bits per heavy atom. The maximum Gasteiger partial charge on any atom is 0.243 e.